The number of sulfonamides is 1. The molecule has 2 fully saturated rings. The van der Waals surface area contributed by atoms with Crippen LogP contribution in [0.15, 0.2) is 42.5 Å². The first kappa shape index (κ1) is 28.2. The van der Waals surface area contributed by atoms with Crippen molar-refractivity contribution in [1.29, 1.82) is 0 Å². The Hall–Kier alpha value is -2.77. The van der Waals surface area contributed by atoms with Crippen molar-refractivity contribution in [3.05, 3.63) is 53.8 Å². The first-order valence-electron chi connectivity index (χ1n) is 12.0. The molecule has 1 saturated heterocycles. The number of alkyl halides is 4. The van der Waals surface area contributed by atoms with Crippen LogP contribution in [0.4, 0.5) is 22.0 Å². The maximum atomic E-state index is 15.7. The fraction of sp³-hybridized carbons (Fsp3) is 0.480. The number of hydrogen-bond donors (Lipinski definition) is 2. The fourth-order valence-corrected chi connectivity index (χ4v) is 5.70. The van der Waals surface area contributed by atoms with E-state index >= 15 is 13.2 Å². The topological polar surface area (TPSA) is 95.9 Å². The highest BCUT2D eigenvalue weighted by atomic mass is 32.2. The Labute approximate surface area is 216 Å². The summed E-state index contributed by atoms with van der Waals surface area (Å²) in [5, 5.41) is 10.6. The average Bonchev–Trinajstić information content (AvgIpc) is 3.07. The van der Waals surface area contributed by atoms with Gasteiger partial charge in [-0.25, -0.2) is 26.3 Å². The van der Waals surface area contributed by atoms with E-state index in [9.17, 15) is 27.1 Å². The molecule has 0 radical (unpaired) electrons. The molecule has 1 aliphatic carbocycles. The third-order valence-corrected chi connectivity index (χ3v) is 8.40. The van der Waals surface area contributed by atoms with Gasteiger partial charge >= 0.3 is 6.61 Å². The summed E-state index contributed by atoms with van der Waals surface area (Å²) < 4.78 is 102. The van der Waals surface area contributed by atoms with Crippen LogP contribution in [0.2, 0.25) is 0 Å². The molecule has 0 spiro atoms. The highest BCUT2D eigenvalue weighted by Gasteiger charge is 2.60. The largest absolute Gasteiger partial charge is 0.435 e. The van der Waals surface area contributed by atoms with E-state index in [0.717, 1.165) is 4.90 Å². The Morgan fingerprint density at radius 1 is 1.21 bits per heavy atom. The number of rotatable bonds is 9. The van der Waals surface area contributed by atoms with Gasteiger partial charge in [-0.05, 0) is 55.9 Å². The van der Waals surface area contributed by atoms with Gasteiger partial charge in [0.05, 0.1) is 18.3 Å². The molecule has 2 N–H and O–H groups in total. The second-order valence-corrected chi connectivity index (χ2v) is 11.6. The molecule has 0 bridgehead atoms. The summed E-state index contributed by atoms with van der Waals surface area (Å²) in [5.41, 5.74) is -1.80. The molecule has 208 valence electrons. The van der Waals surface area contributed by atoms with Gasteiger partial charge in [0, 0.05) is 5.56 Å². The normalized spacial score (nSPS) is 22.4. The Bertz CT molecular complexity index is 1300. The molecule has 2 atom stereocenters. The number of likely N-dealkylation sites (tertiary alicyclic amines) is 1. The van der Waals surface area contributed by atoms with Gasteiger partial charge in [-0.15, -0.1) is 0 Å². The summed E-state index contributed by atoms with van der Waals surface area (Å²) in [6, 6.07) is 5.80. The minimum absolute atomic E-state index is 0.0341. The predicted octanol–water partition coefficient (Wildman–Crippen LogP) is 3.71. The van der Waals surface area contributed by atoms with Gasteiger partial charge in [0.25, 0.3) is 11.8 Å². The fourth-order valence-electron chi connectivity index (χ4n) is 4.81. The van der Waals surface area contributed by atoms with E-state index in [0.29, 0.717) is 6.42 Å². The molecule has 2 aromatic rings. The van der Waals surface area contributed by atoms with Crippen LogP contribution in [0, 0.1) is 5.82 Å². The number of carbonyl (C=O) groups is 1. The minimum Gasteiger partial charge on any atom is -0.435 e. The van der Waals surface area contributed by atoms with Crippen LogP contribution in [0.5, 0.6) is 5.75 Å². The lowest BCUT2D eigenvalue weighted by Gasteiger charge is -2.40. The lowest BCUT2D eigenvalue weighted by molar-refractivity contribution is -0.162. The molecule has 0 unspecified atom stereocenters. The number of amides is 1. The monoisotopic (exact) mass is 562 g/mol. The molecule has 2 aliphatic rings. The predicted molar refractivity (Wildman–Crippen MR) is 128 cm³/mol. The van der Waals surface area contributed by atoms with Crippen molar-refractivity contribution in [3.8, 4) is 16.9 Å². The minimum atomic E-state index is -4.15. The van der Waals surface area contributed by atoms with Crippen LogP contribution in [0.3, 0.4) is 0 Å². The van der Waals surface area contributed by atoms with Crippen molar-refractivity contribution in [2.75, 3.05) is 12.3 Å². The van der Waals surface area contributed by atoms with Crippen LogP contribution in [0.1, 0.15) is 31.7 Å². The number of nitrogens with zero attached hydrogens (tertiary/aromatic N) is 1. The quantitative estimate of drug-likeness (QED) is 0.455. The molecular formula is C25H27F5N2O5S. The molecule has 38 heavy (non-hydrogen) atoms. The van der Waals surface area contributed by atoms with E-state index in [2.05, 4.69) is 4.74 Å². The van der Waals surface area contributed by atoms with Crippen LogP contribution >= 0.6 is 0 Å². The number of halogens is 5. The summed E-state index contributed by atoms with van der Waals surface area (Å²) in [7, 11) is -4.15. The lowest BCUT2D eigenvalue weighted by Crippen LogP contribution is -2.57. The van der Waals surface area contributed by atoms with E-state index in [1.54, 1.807) is 0 Å². The number of carbonyl (C=O) groups excluding carboxylic acids is 1. The lowest BCUT2D eigenvalue weighted by atomic mass is 9.79. The number of hydrogen-bond acceptors (Lipinski definition) is 5. The summed E-state index contributed by atoms with van der Waals surface area (Å²) in [6.45, 7) is -2.98. The highest BCUT2D eigenvalue weighted by molar-refractivity contribution is 7.89. The van der Waals surface area contributed by atoms with Crippen molar-refractivity contribution in [2.45, 2.75) is 62.8 Å². The Morgan fingerprint density at radius 3 is 2.50 bits per heavy atom. The summed E-state index contributed by atoms with van der Waals surface area (Å²) in [4.78, 5) is 13.9. The molecule has 1 saturated carbocycles. The van der Waals surface area contributed by atoms with Crippen molar-refractivity contribution in [2.24, 2.45) is 0 Å². The van der Waals surface area contributed by atoms with Gasteiger partial charge < -0.3 is 14.7 Å². The van der Waals surface area contributed by atoms with Crippen molar-refractivity contribution in [3.63, 3.8) is 0 Å². The summed E-state index contributed by atoms with van der Waals surface area (Å²) in [5.74, 6) is -6.22. The second kappa shape index (κ2) is 10.4. The zero-order chi connectivity index (χ0) is 27.9. The van der Waals surface area contributed by atoms with Gasteiger partial charge in [0.15, 0.2) is 0 Å². The molecule has 1 heterocycles. The number of nitrogens with one attached hydrogen (secondary N) is 1. The third kappa shape index (κ3) is 5.64. The molecule has 2 aromatic carbocycles. The number of benzene rings is 2. The van der Waals surface area contributed by atoms with E-state index in [-0.39, 0.29) is 35.3 Å². The molecule has 13 heteroatoms. The number of ether oxygens (including phenoxy) is 1. The molecule has 4 rings (SSSR count). The Kier molecular flexibility index (Phi) is 7.74. The zero-order valence-corrected chi connectivity index (χ0v) is 21.2. The van der Waals surface area contributed by atoms with Crippen molar-refractivity contribution in [1.82, 2.24) is 9.62 Å². The smallest absolute Gasteiger partial charge is 0.387 e. The Morgan fingerprint density at radius 2 is 1.89 bits per heavy atom. The number of aliphatic hydroxyl groups is 1. The van der Waals surface area contributed by atoms with Gasteiger partial charge in [-0.3, -0.25) is 4.79 Å². The van der Waals surface area contributed by atoms with Crippen molar-refractivity contribution >= 4 is 15.9 Å². The van der Waals surface area contributed by atoms with Gasteiger partial charge in [0.2, 0.25) is 10.0 Å². The van der Waals surface area contributed by atoms with Gasteiger partial charge in [-0.1, -0.05) is 30.3 Å². The third-order valence-electron chi connectivity index (χ3n) is 7.03. The standard InChI is InChI=1S/C25H27F5N2O5S/c1-2-38(35,36)31-21-19(32(14-25(21,29)30)22(33)24(34)10-5-11-24)13-16-7-4-9-18(20(16)26)15-6-3-8-17(12-15)37-23(27)28/h3-4,6-9,12,19,21,23,31,34H,2,5,10-11,13-14H2,1H3/t19-,21+/m0/s1. The Balaban J connectivity index is 1.72. The summed E-state index contributed by atoms with van der Waals surface area (Å²) in [6.07, 6.45) is 0.176. The molecule has 7 nitrogen and oxygen atoms in total. The van der Waals surface area contributed by atoms with E-state index in [1.807, 2.05) is 4.72 Å². The SMILES string of the molecule is CCS(=O)(=O)N[C@@H]1[C@H](Cc2cccc(-c3cccc(OC(F)F)c3)c2F)N(C(=O)C2(O)CCC2)CC1(F)F. The van der Waals surface area contributed by atoms with E-state index in [1.165, 1.54) is 49.4 Å². The van der Waals surface area contributed by atoms with E-state index in [4.69, 9.17) is 0 Å². The van der Waals surface area contributed by atoms with Crippen molar-refractivity contribution < 1.29 is 45.0 Å². The maximum absolute atomic E-state index is 15.7. The zero-order valence-electron chi connectivity index (χ0n) is 20.3. The van der Waals surface area contributed by atoms with Crippen LogP contribution < -0.4 is 9.46 Å². The highest BCUT2D eigenvalue weighted by Crippen LogP contribution is 2.41. The van der Waals surface area contributed by atoms with Crippen LogP contribution in [-0.4, -0.2) is 66.8 Å². The molecule has 0 aromatic heterocycles. The maximum Gasteiger partial charge on any atom is 0.387 e. The second-order valence-electron chi connectivity index (χ2n) is 9.53. The first-order valence-corrected chi connectivity index (χ1v) is 13.7. The molecule has 1 aliphatic heterocycles. The molecule has 1 amide bonds. The summed E-state index contributed by atoms with van der Waals surface area (Å²) >= 11 is 0. The van der Waals surface area contributed by atoms with Crippen LogP contribution in [0.25, 0.3) is 11.1 Å². The molecular weight excluding hydrogens is 535 g/mol. The van der Waals surface area contributed by atoms with Crippen LogP contribution in [-0.2, 0) is 21.2 Å². The van der Waals surface area contributed by atoms with Gasteiger partial charge in [-0.2, -0.15) is 8.78 Å². The van der Waals surface area contributed by atoms with E-state index < -0.39 is 70.7 Å². The van der Waals surface area contributed by atoms with Gasteiger partial charge in [0.1, 0.15) is 23.2 Å². The average molecular weight is 563 g/mol. The first-order chi connectivity index (χ1) is 17.8.